The first-order chi connectivity index (χ1) is 11.7. The molecule has 1 aliphatic carbocycles. The monoisotopic (exact) mass is 359 g/mol. The highest BCUT2D eigenvalue weighted by atomic mass is 35.5. The Morgan fingerprint density at radius 2 is 1.96 bits per heavy atom. The minimum absolute atomic E-state index is 0.108. The molecule has 2 aromatic rings. The minimum atomic E-state index is 0.108. The molecule has 0 amide bonds. The molecule has 4 heteroatoms. The van der Waals surface area contributed by atoms with Gasteiger partial charge in [0.15, 0.2) is 0 Å². The average molecular weight is 360 g/mol. The first-order valence-electron chi connectivity index (χ1n) is 8.33. The lowest BCUT2D eigenvalue weighted by atomic mass is 9.77. The van der Waals surface area contributed by atoms with Gasteiger partial charge in [-0.2, -0.15) is 0 Å². The molecule has 2 aromatic carbocycles. The predicted molar refractivity (Wildman–Crippen MR) is 100 cm³/mol. The zero-order chi connectivity index (χ0) is 16.7. The first-order valence-corrected chi connectivity index (χ1v) is 9.08. The van der Waals surface area contributed by atoms with E-state index in [0.717, 1.165) is 33.5 Å². The van der Waals surface area contributed by atoms with E-state index in [2.05, 4.69) is 29.6 Å². The molecule has 4 rings (SSSR count). The molecule has 1 aliphatic heterocycles. The Morgan fingerprint density at radius 1 is 1.17 bits per heavy atom. The number of halogens is 2. The van der Waals surface area contributed by atoms with E-state index in [9.17, 15) is 0 Å². The van der Waals surface area contributed by atoms with Gasteiger partial charge in [-0.3, -0.25) is 0 Å². The van der Waals surface area contributed by atoms with E-state index in [1.54, 1.807) is 0 Å². The van der Waals surface area contributed by atoms with Crippen LogP contribution in [0.4, 0.5) is 5.69 Å². The van der Waals surface area contributed by atoms with Crippen molar-refractivity contribution in [1.29, 1.82) is 0 Å². The van der Waals surface area contributed by atoms with Crippen molar-refractivity contribution >= 4 is 28.9 Å². The van der Waals surface area contributed by atoms with Gasteiger partial charge in [0.2, 0.25) is 0 Å². The van der Waals surface area contributed by atoms with Gasteiger partial charge in [0.25, 0.3) is 0 Å². The molecule has 2 nitrogen and oxygen atoms in total. The Kier molecular flexibility index (Phi) is 4.19. The van der Waals surface area contributed by atoms with Crippen LogP contribution >= 0.6 is 23.2 Å². The fourth-order valence-electron chi connectivity index (χ4n) is 3.92. The number of hydrogen-bond acceptors (Lipinski definition) is 2. The van der Waals surface area contributed by atoms with E-state index in [0.29, 0.717) is 18.4 Å². The van der Waals surface area contributed by atoms with Crippen molar-refractivity contribution in [1.82, 2.24) is 0 Å². The van der Waals surface area contributed by atoms with Crippen molar-refractivity contribution in [2.24, 2.45) is 5.92 Å². The lowest BCUT2D eigenvalue weighted by Crippen LogP contribution is -2.29. The van der Waals surface area contributed by atoms with Gasteiger partial charge in [-0.05, 0) is 55.2 Å². The molecule has 0 saturated heterocycles. The summed E-state index contributed by atoms with van der Waals surface area (Å²) >= 11 is 13.0. The zero-order valence-electron chi connectivity index (χ0n) is 13.4. The van der Waals surface area contributed by atoms with Crippen molar-refractivity contribution in [2.75, 3.05) is 11.9 Å². The molecule has 3 unspecified atom stereocenters. The maximum absolute atomic E-state index is 6.48. The van der Waals surface area contributed by atoms with Crippen molar-refractivity contribution in [3.63, 3.8) is 0 Å². The van der Waals surface area contributed by atoms with Gasteiger partial charge in [-0.1, -0.05) is 41.4 Å². The van der Waals surface area contributed by atoms with Gasteiger partial charge in [0, 0.05) is 27.2 Å². The van der Waals surface area contributed by atoms with Gasteiger partial charge in [-0.25, -0.2) is 0 Å². The zero-order valence-corrected chi connectivity index (χ0v) is 14.9. The summed E-state index contributed by atoms with van der Waals surface area (Å²) < 4.78 is 5.68. The first kappa shape index (κ1) is 15.9. The molecule has 1 N–H and O–H groups in total. The lowest BCUT2D eigenvalue weighted by molar-refractivity contribution is 0.338. The molecule has 3 atom stereocenters. The number of fused-ring (bicyclic) bond motifs is 3. The molecular formula is C20H19Cl2NO. The Labute approximate surface area is 152 Å². The van der Waals surface area contributed by atoms with Crippen LogP contribution in [-0.2, 0) is 0 Å². The molecule has 0 bridgehead atoms. The minimum Gasteiger partial charge on any atom is -0.494 e. The summed E-state index contributed by atoms with van der Waals surface area (Å²) in [7, 11) is 0. The Bertz CT molecular complexity index is 782. The lowest BCUT2D eigenvalue weighted by Gasteiger charge is -2.38. The Balaban J connectivity index is 1.79. The highest BCUT2D eigenvalue weighted by Crippen LogP contribution is 2.52. The van der Waals surface area contributed by atoms with Crippen LogP contribution in [-0.4, -0.2) is 6.61 Å². The third kappa shape index (κ3) is 2.58. The molecule has 24 heavy (non-hydrogen) atoms. The second-order valence-corrected chi connectivity index (χ2v) is 7.11. The molecule has 0 fully saturated rings. The number of nitrogens with one attached hydrogen (secondary N) is 1. The predicted octanol–water partition coefficient (Wildman–Crippen LogP) is 6.22. The number of ether oxygens (including phenoxy) is 1. The van der Waals surface area contributed by atoms with Gasteiger partial charge >= 0.3 is 0 Å². The van der Waals surface area contributed by atoms with Crippen molar-refractivity contribution < 1.29 is 4.74 Å². The number of benzene rings is 2. The van der Waals surface area contributed by atoms with Crippen LogP contribution in [0.2, 0.25) is 10.0 Å². The van der Waals surface area contributed by atoms with Crippen LogP contribution in [0.5, 0.6) is 5.75 Å². The van der Waals surface area contributed by atoms with Gasteiger partial charge in [0.1, 0.15) is 5.75 Å². The smallest absolute Gasteiger partial charge is 0.119 e. The van der Waals surface area contributed by atoms with Crippen LogP contribution < -0.4 is 10.1 Å². The van der Waals surface area contributed by atoms with Gasteiger partial charge in [-0.15, -0.1) is 0 Å². The van der Waals surface area contributed by atoms with Crippen LogP contribution in [0.25, 0.3) is 0 Å². The number of allylic oxidation sites excluding steroid dienone is 2. The van der Waals surface area contributed by atoms with E-state index in [1.807, 2.05) is 31.2 Å². The van der Waals surface area contributed by atoms with E-state index in [1.165, 1.54) is 5.56 Å². The Hall–Kier alpha value is -1.64. The van der Waals surface area contributed by atoms with E-state index in [4.69, 9.17) is 27.9 Å². The molecule has 0 aromatic heterocycles. The fraction of sp³-hybridized carbons (Fsp3) is 0.300. The third-order valence-corrected chi connectivity index (χ3v) is 5.62. The van der Waals surface area contributed by atoms with Gasteiger partial charge < -0.3 is 10.1 Å². The quantitative estimate of drug-likeness (QED) is 0.656. The normalized spacial score (nSPS) is 24.2. The fourth-order valence-corrected chi connectivity index (χ4v) is 4.56. The summed E-state index contributed by atoms with van der Waals surface area (Å²) in [5, 5.41) is 5.12. The second kappa shape index (κ2) is 6.34. The molecule has 2 aliphatic rings. The summed E-state index contributed by atoms with van der Waals surface area (Å²) in [4.78, 5) is 0. The highest BCUT2D eigenvalue weighted by molar-refractivity contribution is 6.36. The average Bonchev–Trinajstić information content (AvgIpc) is 3.05. The van der Waals surface area contributed by atoms with E-state index in [-0.39, 0.29) is 6.04 Å². The largest absolute Gasteiger partial charge is 0.494 e. The standard InChI is InChI=1S/C20H19Cl2NO/c1-2-24-12-9-10-18-15(11-12)13-5-3-6-14(13)20(23-18)19-16(21)7-4-8-17(19)22/h3-5,7-11,13-14,20,23H,2,6H2,1H3. The van der Waals surface area contributed by atoms with Crippen molar-refractivity contribution in [2.45, 2.75) is 25.3 Å². The third-order valence-electron chi connectivity index (χ3n) is 4.96. The van der Waals surface area contributed by atoms with E-state index < -0.39 is 0 Å². The molecular weight excluding hydrogens is 341 g/mol. The second-order valence-electron chi connectivity index (χ2n) is 6.29. The van der Waals surface area contributed by atoms with E-state index >= 15 is 0 Å². The topological polar surface area (TPSA) is 21.3 Å². The molecule has 1 heterocycles. The summed E-state index contributed by atoms with van der Waals surface area (Å²) in [5.41, 5.74) is 3.42. The molecule has 124 valence electrons. The molecule has 0 spiro atoms. The molecule has 0 saturated carbocycles. The highest BCUT2D eigenvalue weighted by Gasteiger charge is 2.39. The summed E-state index contributed by atoms with van der Waals surface area (Å²) in [6.07, 6.45) is 5.58. The number of anilines is 1. The maximum atomic E-state index is 6.48. The van der Waals surface area contributed by atoms with Crippen LogP contribution in [0.3, 0.4) is 0 Å². The van der Waals surface area contributed by atoms with Crippen LogP contribution in [0.1, 0.15) is 36.4 Å². The summed E-state index contributed by atoms with van der Waals surface area (Å²) in [6, 6.07) is 12.1. The summed E-state index contributed by atoms with van der Waals surface area (Å²) in [6.45, 7) is 2.68. The van der Waals surface area contributed by atoms with Crippen LogP contribution in [0.15, 0.2) is 48.6 Å². The van der Waals surface area contributed by atoms with Crippen molar-refractivity contribution in [3.8, 4) is 5.75 Å². The van der Waals surface area contributed by atoms with Crippen molar-refractivity contribution in [3.05, 3.63) is 69.7 Å². The summed E-state index contributed by atoms with van der Waals surface area (Å²) in [5.74, 6) is 1.69. The van der Waals surface area contributed by atoms with Crippen LogP contribution in [0, 0.1) is 5.92 Å². The maximum Gasteiger partial charge on any atom is 0.119 e. The number of rotatable bonds is 3. The Morgan fingerprint density at radius 3 is 2.71 bits per heavy atom. The SMILES string of the molecule is CCOc1ccc2c(c1)C1C=CCC1C(c1c(Cl)cccc1Cl)N2. The van der Waals surface area contributed by atoms with Gasteiger partial charge in [0.05, 0.1) is 12.6 Å². The number of hydrogen-bond donors (Lipinski definition) is 1. The molecule has 0 radical (unpaired) electrons.